The summed E-state index contributed by atoms with van der Waals surface area (Å²) in [5.41, 5.74) is 1.85. The van der Waals surface area contributed by atoms with Gasteiger partial charge >= 0.3 is 5.97 Å². The Labute approximate surface area is 181 Å². The molecule has 0 aromatic heterocycles. The minimum atomic E-state index is -3.41. The van der Waals surface area contributed by atoms with E-state index in [0.717, 1.165) is 24.8 Å². The number of carbonyl (C=O) groups excluding carboxylic acids is 3. The van der Waals surface area contributed by atoms with Crippen molar-refractivity contribution in [1.82, 2.24) is 4.90 Å². The van der Waals surface area contributed by atoms with E-state index in [-0.39, 0.29) is 5.91 Å². The van der Waals surface area contributed by atoms with Gasteiger partial charge in [-0.05, 0) is 55.3 Å². The molecule has 1 amide bonds. The number of hydrogen-bond donors (Lipinski definition) is 1. The fraction of sp³-hybridized carbons (Fsp3) is 0.318. The van der Waals surface area contributed by atoms with Crippen LogP contribution in [-0.4, -0.2) is 49.9 Å². The van der Waals surface area contributed by atoms with Gasteiger partial charge in [0.05, 0.1) is 11.8 Å². The normalized spacial score (nSPS) is 14.9. The summed E-state index contributed by atoms with van der Waals surface area (Å²) in [5, 5.41) is 0. The van der Waals surface area contributed by atoms with E-state index in [1.807, 2.05) is 0 Å². The topological polar surface area (TPSA) is 110 Å². The molecule has 8 nitrogen and oxygen atoms in total. The molecule has 0 radical (unpaired) electrons. The van der Waals surface area contributed by atoms with Crippen LogP contribution < -0.4 is 4.72 Å². The van der Waals surface area contributed by atoms with Gasteiger partial charge in [0.2, 0.25) is 21.7 Å². The Morgan fingerprint density at radius 2 is 1.68 bits per heavy atom. The van der Waals surface area contributed by atoms with Crippen molar-refractivity contribution in [2.75, 3.05) is 17.5 Å². The summed E-state index contributed by atoms with van der Waals surface area (Å²) >= 11 is 0. The Morgan fingerprint density at radius 1 is 1.06 bits per heavy atom. The van der Waals surface area contributed by atoms with Crippen molar-refractivity contribution in [2.24, 2.45) is 0 Å². The number of nitrogens with one attached hydrogen (secondary N) is 1. The lowest BCUT2D eigenvalue weighted by Crippen LogP contribution is -2.25. The number of amides is 1. The second-order valence-electron chi connectivity index (χ2n) is 7.48. The van der Waals surface area contributed by atoms with Gasteiger partial charge in [-0.25, -0.2) is 13.2 Å². The number of rotatable bonds is 8. The molecule has 1 fully saturated rings. The van der Waals surface area contributed by atoms with Gasteiger partial charge in [0, 0.05) is 30.8 Å². The molecule has 31 heavy (non-hydrogen) atoms. The number of hydrogen-bond acceptors (Lipinski definition) is 6. The molecule has 1 atom stereocenters. The first-order chi connectivity index (χ1) is 14.6. The predicted octanol–water partition coefficient (Wildman–Crippen LogP) is 2.61. The van der Waals surface area contributed by atoms with E-state index in [4.69, 9.17) is 4.74 Å². The quantitative estimate of drug-likeness (QED) is 0.495. The van der Waals surface area contributed by atoms with Gasteiger partial charge in [-0.3, -0.25) is 14.3 Å². The summed E-state index contributed by atoms with van der Waals surface area (Å²) in [5.74, 6) is -0.889. The van der Waals surface area contributed by atoms with Gasteiger partial charge < -0.3 is 9.64 Å². The number of sulfonamides is 1. The van der Waals surface area contributed by atoms with E-state index in [2.05, 4.69) is 4.72 Å². The van der Waals surface area contributed by atoms with Crippen molar-refractivity contribution in [1.29, 1.82) is 0 Å². The highest BCUT2D eigenvalue weighted by Crippen LogP contribution is 2.17. The molecule has 1 aliphatic heterocycles. The number of Topliss-reactive ketones (excluding diaryl/α,β-unsaturated/α-hetero) is 1. The van der Waals surface area contributed by atoms with E-state index >= 15 is 0 Å². The zero-order valence-electron chi connectivity index (χ0n) is 17.3. The number of ketones is 1. The summed E-state index contributed by atoms with van der Waals surface area (Å²) in [7, 11) is -3.41. The van der Waals surface area contributed by atoms with Crippen molar-refractivity contribution in [3.63, 3.8) is 0 Å². The molecule has 164 valence electrons. The van der Waals surface area contributed by atoms with Crippen LogP contribution in [0.2, 0.25) is 0 Å². The minimum Gasteiger partial charge on any atom is -0.451 e. The average Bonchev–Trinajstić information content (AvgIpc) is 3.11. The first kappa shape index (κ1) is 22.5. The van der Waals surface area contributed by atoms with E-state index < -0.39 is 27.9 Å². The van der Waals surface area contributed by atoms with E-state index in [1.54, 1.807) is 29.2 Å². The first-order valence-corrected chi connectivity index (χ1v) is 11.7. The molecule has 0 aliphatic carbocycles. The van der Waals surface area contributed by atoms with Crippen molar-refractivity contribution in [3.8, 4) is 0 Å². The number of anilines is 1. The van der Waals surface area contributed by atoms with Gasteiger partial charge in [0.15, 0.2) is 6.10 Å². The number of carbonyl (C=O) groups is 3. The molecule has 0 saturated carbocycles. The third kappa shape index (κ3) is 6.14. The smallest absolute Gasteiger partial charge is 0.338 e. The van der Waals surface area contributed by atoms with Crippen LogP contribution in [0.3, 0.4) is 0 Å². The van der Waals surface area contributed by atoms with E-state index in [0.29, 0.717) is 29.8 Å². The molecular formula is C22H24N2O6S. The zero-order chi connectivity index (χ0) is 22.6. The van der Waals surface area contributed by atoms with Gasteiger partial charge in [-0.2, -0.15) is 0 Å². The highest BCUT2D eigenvalue weighted by Gasteiger charge is 2.22. The lowest BCUT2D eigenvalue weighted by atomic mass is 10.1. The molecular weight excluding hydrogens is 420 g/mol. The fourth-order valence-electron chi connectivity index (χ4n) is 3.27. The van der Waals surface area contributed by atoms with E-state index in [1.165, 1.54) is 31.2 Å². The Kier molecular flexibility index (Phi) is 6.74. The molecule has 1 N–H and O–H groups in total. The maximum atomic E-state index is 12.5. The van der Waals surface area contributed by atoms with Crippen LogP contribution in [0.5, 0.6) is 0 Å². The van der Waals surface area contributed by atoms with Crippen molar-refractivity contribution < 1.29 is 27.5 Å². The van der Waals surface area contributed by atoms with Gasteiger partial charge in [-0.15, -0.1) is 0 Å². The van der Waals surface area contributed by atoms with E-state index in [9.17, 15) is 22.8 Å². The molecule has 0 unspecified atom stereocenters. The van der Waals surface area contributed by atoms with Gasteiger partial charge in [0.25, 0.3) is 0 Å². The van der Waals surface area contributed by atoms with Crippen LogP contribution in [0, 0.1) is 0 Å². The SMILES string of the molecule is C[C@@H](OC(=O)c1ccc(CN2CCCC2=O)cc1)C(=O)c1ccc(NS(C)(=O)=O)cc1. The summed E-state index contributed by atoms with van der Waals surface area (Å²) in [4.78, 5) is 38.4. The standard InChI is InChI=1S/C22H24N2O6S/c1-15(21(26)17-9-11-19(12-10-17)23-31(2,28)29)30-22(27)18-7-5-16(6-8-18)14-24-13-3-4-20(24)25/h5-12,15,23H,3-4,13-14H2,1-2H3/t15-/m1/s1. The lowest BCUT2D eigenvalue weighted by Gasteiger charge is -2.16. The molecule has 9 heteroatoms. The third-order valence-electron chi connectivity index (χ3n) is 4.86. The first-order valence-electron chi connectivity index (χ1n) is 9.82. The number of esters is 1. The van der Waals surface area contributed by atoms with Crippen LogP contribution >= 0.6 is 0 Å². The number of nitrogens with zero attached hydrogens (tertiary/aromatic N) is 1. The van der Waals surface area contributed by atoms with Crippen molar-refractivity contribution in [2.45, 2.75) is 32.4 Å². The summed E-state index contributed by atoms with van der Waals surface area (Å²) < 4.78 is 30.1. The second kappa shape index (κ2) is 9.30. The van der Waals surface area contributed by atoms with Gasteiger partial charge in [0.1, 0.15) is 0 Å². The highest BCUT2D eigenvalue weighted by molar-refractivity contribution is 7.92. The van der Waals surface area contributed by atoms with Crippen LogP contribution in [0.15, 0.2) is 48.5 Å². The summed E-state index contributed by atoms with van der Waals surface area (Å²) in [6.45, 7) is 2.73. The van der Waals surface area contributed by atoms with Gasteiger partial charge in [-0.1, -0.05) is 12.1 Å². The third-order valence-corrected chi connectivity index (χ3v) is 5.47. The zero-order valence-corrected chi connectivity index (χ0v) is 18.1. The molecule has 1 aliphatic rings. The van der Waals surface area contributed by atoms with Crippen LogP contribution in [0.1, 0.15) is 46.0 Å². The molecule has 2 aromatic rings. The summed E-state index contributed by atoms with van der Waals surface area (Å²) in [6.07, 6.45) is 1.47. The Morgan fingerprint density at radius 3 is 2.23 bits per heavy atom. The van der Waals surface area contributed by atoms with Crippen LogP contribution in [-0.2, 0) is 26.1 Å². The molecule has 1 saturated heterocycles. The number of likely N-dealkylation sites (tertiary alicyclic amines) is 1. The number of ether oxygens (including phenoxy) is 1. The molecule has 1 heterocycles. The predicted molar refractivity (Wildman–Crippen MR) is 115 cm³/mol. The van der Waals surface area contributed by atoms with Crippen molar-refractivity contribution >= 4 is 33.4 Å². The Hall–Kier alpha value is -3.20. The monoisotopic (exact) mass is 444 g/mol. The number of benzene rings is 2. The highest BCUT2D eigenvalue weighted by atomic mass is 32.2. The maximum Gasteiger partial charge on any atom is 0.338 e. The van der Waals surface area contributed by atoms with Crippen LogP contribution in [0.4, 0.5) is 5.69 Å². The van der Waals surface area contributed by atoms with Crippen LogP contribution in [0.25, 0.3) is 0 Å². The second-order valence-corrected chi connectivity index (χ2v) is 9.23. The molecule has 3 rings (SSSR count). The lowest BCUT2D eigenvalue weighted by molar-refractivity contribution is -0.128. The average molecular weight is 445 g/mol. The Bertz CT molecular complexity index is 1080. The largest absolute Gasteiger partial charge is 0.451 e. The minimum absolute atomic E-state index is 0.135. The molecule has 2 aromatic carbocycles. The summed E-state index contributed by atoms with van der Waals surface area (Å²) in [6, 6.07) is 12.6. The molecule has 0 spiro atoms. The molecule has 0 bridgehead atoms. The Balaban J connectivity index is 1.58. The van der Waals surface area contributed by atoms with Crippen molar-refractivity contribution in [3.05, 3.63) is 65.2 Å². The maximum absolute atomic E-state index is 12.5. The fourth-order valence-corrected chi connectivity index (χ4v) is 3.84.